The number of nitrogens with one attached hydrogen (secondary N) is 1. The molecule has 0 aliphatic carbocycles. The number of carbonyl (C=O) groups is 1. The second-order valence-electron chi connectivity index (χ2n) is 6.22. The van der Waals surface area contributed by atoms with Gasteiger partial charge in [0.15, 0.2) is 0 Å². The number of rotatable bonds is 4. The third kappa shape index (κ3) is 4.43. The van der Waals surface area contributed by atoms with Crippen molar-refractivity contribution in [2.45, 2.75) is 46.6 Å². The summed E-state index contributed by atoms with van der Waals surface area (Å²) in [6, 6.07) is -0.185. The Kier molecular flexibility index (Phi) is 4.97. The Balaban J connectivity index is 2.63. The molecule has 1 aliphatic rings. The molecule has 7 heteroatoms. The number of aliphatic carboxylic acids is 1. The predicted molar refractivity (Wildman–Crippen MR) is 72.9 cm³/mol. The number of carboxylic acids is 1. The van der Waals surface area contributed by atoms with Gasteiger partial charge in [-0.15, -0.1) is 0 Å². The van der Waals surface area contributed by atoms with E-state index in [2.05, 4.69) is 4.72 Å². The van der Waals surface area contributed by atoms with Gasteiger partial charge >= 0.3 is 5.97 Å². The second-order valence-corrected chi connectivity index (χ2v) is 7.92. The van der Waals surface area contributed by atoms with E-state index in [1.165, 1.54) is 4.31 Å². The van der Waals surface area contributed by atoms with Crippen LogP contribution in [0, 0.1) is 11.3 Å². The molecule has 0 aromatic heterocycles. The maximum atomic E-state index is 12.2. The number of nitrogens with zero attached hydrogens (tertiary/aromatic N) is 1. The molecule has 1 fully saturated rings. The molecule has 0 radical (unpaired) electrons. The van der Waals surface area contributed by atoms with Gasteiger partial charge in [-0.3, -0.25) is 4.79 Å². The molecular formula is C12H24N2O4S. The molecule has 0 spiro atoms. The van der Waals surface area contributed by atoms with Crippen molar-refractivity contribution in [2.24, 2.45) is 11.3 Å². The standard InChI is InChI=1S/C12H24N2O4S/c1-9(12(2,3)4)13-19(17,18)14-7-5-10(6-8-14)11(15)16/h9-10,13H,5-8H2,1-4H3,(H,15,16). The third-order valence-electron chi connectivity index (χ3n) is 3.77. The Bertz CT molecular complexity index is 420. The van der Waals surface area contributed by atoms with E-state index in [0.717, 1.165) is 0 Å². The highest BCUT2D eigenvalue weighted by Crippen LogP contribution is 2.22. The van der Waals surface area contributed by atoms with Crippen molar-refractivity contribution in [1.82, 2.24) is 9.03 Å². The fourth-order valence-electron chi connectivity index (χ4n) is 1.82. The lowest BCUT2D eigenvalue weighted by atomic mass is 9.89. The topological polar surface area (TPSA) is 86.7 Å². The monoisotopic (exact) mass is 292 g/mol. The molecule has 1 unspecified atom stereocenters. The second kappa shape index (κ2) is 5.76. The van der Waals surface area contributed by atoms with Crippen LogP contribution in [-0.2, 0) is 15.0 Å². The van der Waals surface area contributed by atoms with Crippen LogP contribution in [0.15, 0.2) is 0 Å². The van der Waals surface area contributed by atoms with E-state index in [9.17, 15) is 13.2 Å². The summed E-state index contributed by atoms with van der Waals surface area (Å²) in [5.41, 5.74) is -0.160. The van der Waals surface area contributed by atoms with E-state index in [-0.39, 0.29) is 24.5 Å². The first-order valence-electron chi connectivity index (χ1n) is 6.54. The molecule has 1 heterocycles. The summed E-state index contributed by atoms with van der Waals surface area (Å²) in [5, 5.41) is 8.90. The third-order valence-corrected chi connectivity index (χ3v) is 5.46. The van der Waals surface area contributed by atoms with Gasteiger partial charge in [0.05, 0.1) is 5.92 Å². The quantitative estimate of drug-likeness (QED) is 0.811. The first-order valence-corrected chi connectivity index (χ1v) is 7.98. The van der Waals surface area contributed by atoms with Crippen LogP contribution in [0.25, 0.3) is 0 Å². The van der Waals surface area contributed by atoms with Gasteiger partial charge in [0.1, 0.15) is 0 Å². The Labute approximate surface area is 115 Å². The van der Waals surface area contributed by atoms with Crippen LogP contribution in [0.1, 0.15) is 40.5 Å². The summed E-state index contributed by atoms with van der Waals surface area (Å²) < 4.78 is 28.4. The van der Waals surface area contributed by atoms with Crippen molar-refractivity contribution in [1.29, 1.82) is 0 Å². The van der Waals surface area contributed by atoms with E-state index in [1.807, 2.05) is 27.7 Å². The number of carboxylic acid groups (broad SMARTS) is 1. The molecule has 0 aromatic rings. The summed E-state index contributed by atoms with van der Waals surface area (Å²) in [5.74, 6) is -1.26. The molecule has 1 saturated heterocycles. The van der Waals surface area contributed by atoms with Crippen molar-refractivity contribution in [3.63, 3.8) is 0 Å². The minimum Gasteiger partial charge on any atom is -0.481 e. The minimum atomic E-state index is -3.52. The van der Waals surface area contributed by atoms with Crippen LogP contribution in [0.4, 0.5) is 0 Å². The van der Waals surface area contributed by atoms with Crippen molar-refractivity contribution in [3.05, 3.63) is 0 Å². The highest BCUT2D eigenvalue weighted by atomic mass is 32.2. The van der Waals surface area contributed by atoms with Gasteiger partial charge in [0.25, 0.3) is 10.2 Å². The average Bonchev–Trinajstić information content (AvgIpc) is 2.27. The van der Waals surface area contributed by atoms with Gasteiger partial charge < -0.3 is 5.11 Å². The Morgan fingerprint density at radius 1 is 1.32 bits per heavy atom. The van der Waals surface area contributed by atoms with E-state index >= 15 is 0 Å². The molecule has 0 bridgehead atoms. The van der Waals surface area contributed by atoms with Gasteiger partial charge in [0.2, 0.25) is 0 Å². The zero-order chi connectivity index (χ0) is 14.8. The fourth-order valence-corrected chi connectivity index (χ4v) is 3.46. The van der Waals surface area contributed by atoms with Crippen LogP contribution >= 0.6 is 0 Å². The molecule has 0 aromatic carbocycles. The molecule has 112 valence electrons. The van der Waals surface area contributed by atoms with Gasteiger partial charge in [-0.05, 0) is 25.2 Å². The molecule has 2 N–H and O–H groups in total. The van der Waals surface area contributed by atoms with Crippen molar-refractivity contribution in [2.75, 3.05) is 13.1 Å². The molecule has 1 rings (SSSR count). The smallest absolute Gasteiger partial charge is 0.306 e. The predicted octanol–water partition coefficient (Wildman–Crippen LogP) is 1.05. The highest BCUT2D eigenvalue weighted by molar-refractivity contribution is 7.87. The number of hydrogen-bond acceptors (Lipinski definition) is 3. The largest absolute Gasteiger partial charge is 0.481 e. The Morgan fingerprint density at radius 3 is 2.16 bits per heavy atom. The van der Waals surface area contributed by atoms with E-state index in [0.29, 0.717) is 12.8 Å². The minimum absolute atomic E-state index is 0.160. The molecule has 1 atom stereocenters. The summed E-state index contributed by atoms with van der Waals surface area (Å²) in [7, 11) is -3.52. The maximum Gasteiger partial charge on any atom is 0.306 e. The van der Waals surface area contributed by atoms with Crippen molar-refractivity contribution in [3.8, 4) is 0 Å². The molecule has 0 amide bonds. The lowest BCUT2D eigenvalue weighted by Crippen LogP contribution is -2.51. The van der Waals surface area contributed by atoms with Crippen LogP contribution < -0.4 is 4.72 Å². The Hall–Kier alpha value is -0.660. The van der Waals surface area contributed by atoms with E-state index in [4.69, 9.17) is 5.11 Å². The molecule has 0 saturated carbocycles. The zero-order valence-electron chi connectivity index (χ0n) is 12.0. The van der Waals surface area contributed by atoms with Crippen molar-refractivity contribution < 1.29 is 18.3 Å². The lowest BCUT2D eigenvalue weighted by molar-refractivity contribution is -0.142. The summed E-state index contributed by atoms with van der Waals surface area (Å²) in [6.45, 7) is 8.28. The summed E-state index contributed by atoms with van der Waals surface area (Å²) in [6.07, 6.45) is 0.750. The summed E-state index contributed by atoms with van der Waals surface area (Å²) in [4.78, 5) is 10.8. The lowest BCUT2D eigenvalue weighted by Gasteiger charge is -2.33. The number of piperidine rings is 1. The first-order chi connectivity index (χ1) is 8.54. The van der Waals surface area contributed by atoms with Crippen LogP contribution in [0.5, 0.6) is 0 Å². The van der Waals surface area contributed by atoms with Gasteiger partial charge in [-0.1, -0.05) is 20.8 Å². The number of hydrogen-bond donors (Lipinski definition) is 2. The maximum absolute atomic E-state index is 12.2. The van der Waals surface area contributed by atoms with Gasteiger partial charge in [-0.25, -0.2) is 0 Å². The SMILES string of the molecule is CC(NS(=O)(=O)N1CCC(C(=O)O)CC1)C(C)(C)C. The molecular weight excluding hydrogens is 268 g/mol. The molecule has 6 nitrogen and oxygen atoms in total. The van der Waals surface area contributed by atoms with Gasteiger partial charge in [-0.2, -0.15) is 17.4 Å². The van der Waals surface area contributed by atoms with Crippen molar-refractivity contribution >= 4 is 16.2 Å². The van der Waals surface area contributed by atoms with E-state index in [1.54, 1.807) is 0 Å². The molecule has 19 heavy (non-hydrogen) atoms. The first kappa shape index (κ1) is 16.4. The van der Waals surface area contributed by atoms with E-state index < -0.39 is 22.1 Å². The fraction of sp³-hybridized carbons (Fsp3) is 0.917. The highest BCUT2D eigenvalue weighted by Gasteiger charge is 2.33. The zero-order valence-corrected chi connectivity index (χ0v) is 12.8. The summed E-state index contributed by atoms with van der Waals surface area (Å²) >= 11 is 0. The van der Waals surface area contributed by atoms with Crippen LogP contribution in [0.3, 0.4) is 0 Å². The van der Waals surface area contributed by atoms with Crippen LogP contribution in [0.2, 0.25) is 0 Å². The average molecular weight is 292 g/mol. The van der Waals surface area contributed by atoms with Crippen LogP contribution in [-0.4, -0.2) is 42.9 Å². The normalized spacial score (nSPS) is 21.3. The van der Waals surface area contributed by atoms with Gasteiger partial charge in [0, 0.05) is 19.1 Å². The molecule has 1 aliphatic heterocycles. The Morgan fingerprint density at radius 2 is 1.79 bits per heavy atom.